The van der Waals surface area contributed by atoms with Crippen LogP contribution >= 0.6 is 23.2 Å². The van der Waals surface area contributed by atoms with Gasteiger partial charge in [-0.1, -0.05) is 29.3 Å². The summed E-state index contributed by atoms with van der Waals surface area (Å²) in [5, 5.41) is 1.47. The molecule has 0 aliphatic rings. The van der Waals surface area contributed by atoms with Gasteiger partial charge in [0.05, 0.1) is 6.54 Å². The Morgan fingerprint density at radius 3 is 2.18 bits per heavy atom. The monoisotopic (exact) mass is 190 g/mol. The topological polar surface area (TPSA) is 27.6 Å². The summed E-state index contributed by atoms with van der Waals surface area (Å²) < 4.78 is 0. The third-order valence-electron chi connectivity index (χ3n) is 1.49. The van der Waals surface area contributed by atoms with Crippen molar-refractivity contribution in [3.8, 4) is 0 Å². The van der Waals surface area contributed by atoms with Gasteiger partial charge in [-0.05, 0) is 17.7 Å². The van der Waals surface area contributed by atoms with Crippen molar-refractivity contribution in [2.24, 2.45) is 0 Å². The lowest BCUT2D eigenvalue weighted by Gasteiger charge is -2.02. The fraction of sp³-hybridized carbons (Fsp3) is 0.250. The van der Waals surface area contributed by atoms with Crippen LogP contribution in [0.3, 0.4) is 0 Å². The van der Waals surface area contributed by atoms with Gasteiger partial charge in [0.2, 0.25) is 0 Å². The van der Waals surface area contributed by atoms with E-state index in [-0.39, 0.29) is 0 Å². The first-order valence-corrected chi connectivity index (χ1v) is 4.23. The van der Waals surface area contributed by atoms with Crippen molar-refractivity contribution >= 4 is 23.2 Å². The number of benzene rings is 1. The molecule has 60 valence electrons. The Labute approximate surface area is 76.1 Å². The zero-order valence-electron chi connectivity index (χ0n) is 6.11. The van der Waals surface area contributed by atoms with Gasteiger partial charge in [-0.3, -0.25) is 0 Å². The molecule has 0 fully saturated rings. The average Bonchev–Trinajstić information content (AvgIpc) is 1.97. The molecule has 0 aliphatic heterocycles. The van der Waals surface area contributed by atoms with Crippen molar-refractivity contribution < 1.29 is 5.73 Å². The maximum Gasteiger partial charge on any atom is 0.0781 e. The molecule has 0 spiro atoms. The highest BCUT2D eigenvalue weighted by Crippen LogP contribution is 2.23. The first kappa shape index (κ1) is 8.85. The van der Waals surface area contributed by atoms with Crippen LogP contribution in [0, 0.1) is 0 Å². The molecule has 0 radical (unpaired) electrons. The van der Waals surface area contributed by atoms with Gasteiger partial charge in [0, 0.05) is 16.5 Å². The number of halogens is 2. The van der Waals surface area contributed by atoms with Gasteiger partial charge in [-0.15, -0.1) is 0 Å². The summed E-state index contributed by atoms with van der Waals surface area (Å²) in [6, 6.07) is 5.54. The molecular formula is C8H10Cl2N+. The van der Waals surface area contributed by atoms with Gasteiger partial charge >= 0.3 is 0 Å². The standard InChI is InChI=1S/C8H9Cl2N/c9-7-2-1-3-8(10)6(7)4-5-11/h1-3H,4-5,11H2/p+1. The van der Waals surface area contributed by atoms with Crippen LogP contribution in [0.1, 0.15) is 5.56 Å². The van der Waals surface area contributed by atoms with E-state index in [1.165, 1.54) is 0 Å². The number of quaternary nitrogens is 1. The van der Waals surface area contributed by atoms with Crippen LogP contribution in [0.15, 0.2) is 18.2 Å². The largest absolute Gasteiger partial charge is 0.357 e. The van der Waals surface area contributed by atoms with Crippen molar-refractivity contribution in [3.05, 3.63) is 33.8 Å². The van der Waals surface area contributed by atoms with E-state index in [0.717, 1.165) is 28.6 Å². The summed E-state index contributed by atoms with van der Waals surface area (Å²) in [4.78, 5) is 0. The maximum atomic E-state index is 5.90. The van der Waals surface area contributed by atoms with Gasteiger partial charge < -0.3 is 5.73 Å². The van der Waals surface area contributed by atoms with Crippen LogP contribution in [0.2, 0.25) is 10.0 Å². The molecule has 0 unspecified atom stereocenters. The Hall–Kier alpha value is -0.240. The predicted octanol–water partition coefficient (Wildman–Crippen LogP) is 1.78. The minimum absolute atomic E-state index is 0.737. The molecule has 11 heavy (non-hydrogen) atoms. The average molecular weight is 191 g/mol. The zero-order valence-corrected chi connectivity index (χ0v) is 7.62. The highest BCUT2D eigenvalue weighted by Gasteiger charge is 2.03. The lowest BCUT2D eigenvalue weighted by molar-refractivity contribution is -0.366. The van der Waals surface area contributed by atoms with Gasteiger partial charge in [0.15, 0.2) is 0 Å². The van der Waals surface area contributed by atoms with E-state index in [4.69, 9.17) is 23.2 Å². The predicted molar refractivity (Wildman–Crippen MR) is 47.9 cm³/mol. The Balaban J connectivity index is 3.00. The summed E-state index contributed by atoms with van der Waals surface area (Å²) in [5.41, 5.74) is 4.75. The fourth-order valence-corrected chi connectivity index (χ4v) is 1.53. The summed E-state index contributed by atoms with van der Waals surface area (Å²) in [7, 11) is 0. The Morgan fingerprint density at radius 2 is 1.73 bits per heavy atom. The first-order valence-electron chi connectivity index (χ1n) is 3.48. The molecule has 0 bridgehead atoms. The summed E-state index contributed by atoms with van der Waals surface area (Å²) >= 11 is 11.8. The van der Waals surface area contributed by atoms with Crippen molar-refractivity contribution in [2.75, 3.05) is 6.54 Å². The molecule has 0 atom stereocenters. The molecule has 0 aromatic heterocycles. The van der Waals surface area contributed by atoms with Crippen LogP contribution in [0.4, 0.5) is 0 Å². The highest BCUT2D eigenvalue weighted by atomic mass is 35.5. The second kappa shape index (κ2) is 3.96. The molecule has 1 aromatic carbocycles. The van der Waals surface area contributed by atoms with E-state index in [0.29, 0.717) is 0 Å². The summed E-state index contributed by atoms with van der Waals surface area (Å²) in [6.45, 7) is 0.823. The van der Waals surface area contributed by atoms with Gasteiger partial charge in [0.1, 0.15) is 0 Å². The van der Waals surface area contributed by atoms with Crippen LogP contribution in [-0.2, 0) is 6.42 Å². The van der Waals surface area contributed by atoms with Crippen LogP contribution in [0.5, 0.6) is 0 Å². The Bertz CT molecular complexity index is 228. The molecule has 0 saturated carbocycles. The van der Waals surface area contributed by atoms with E-state index >= 15 is 0 Å². The molecule has 1 rings (SSSR count). The van der Waals surface area contributed by atoms with E-state index in [9.17, 15) is 0 Å². The highest BCUT2D eigenvalue weighted by molar-refractivity contribution is 6.35. The minimum atomic E-state index is 0.737. The Kier molecular flexibility index (Phi) is 3.18. The number of hydrogen-bond donors (Lipinski definition) is 1. The lowest BCUT2D eigenvalue weighted by Crippen LogP contribution is -2.51. The van der Waals surface area contributed by atoms with Gasteiger partial charge in [0.25, 0.3) is 0 Å². The lowest BCUT2D eigenvalue weighted by atomic mass is 10.1. The number of hydrogen-bond acceptors (Lipinski definition) is 0. The molecular weight excluding hydrogens is 181 g/mol. The second-order valence-electron chi connectivity index (χ2n) is 2.30. The molecule has 1 nitrogen and oxygen atoms in total. The van der Waals surface area contributed by atoms with Crippen molar-refractivity contribution in [3.63, 3.8) is 0 Å². The third kappa shape index (κ3) is 2.09. The van der Waals surface area contributed by atoms with E-state index < -0.39 is 0 Å². The van der Waals surface area contributed by atoms with Gasteiger partial charge in [-0.25, -0.2) is 0 Å². The summed E-state index contributed by atoms with van der Waals surface area (Å²) in [6.07, 6.45) is 0.846. The molecule has 0 amide bonds. The van der Waals surface area contributed by atoms with Crippen molar-refractivity contribution in [2.45, 2.75) is 6.42 Å². The third-order valence-corrected chi connectivity index (χ3v) is 2.20. The second-order valence-corrected chi connectivity index (χ2v) is 3.12. The zero-order chi connectivity index (χ0) is 8.27. The normalized spacial score (nSPS) is 10.1. The molecule has 1 aromatic rings. The fourth-order valence-electron chi connectivity index (χ4n) is 0.948. The van der Waals surface area contributed by atoms with E-state index in [1.54, 1.807) is 0 Å². The summed E-state index contributed by atoms with van der Waals surface area (Å²) in [5.74, 6) is 0. The van der Waals surface area contributed by atoms with Crippen LogP contribution < -0.4 is 5.73 Å². The van der Waals surface area contributed by atoms with E-state index in [2.05, 4.69) is 5.73 Å². The quantitative estimate of drug-likeness (QED) is 0.737. The molecule has 3 heteroatoms. The molecule has 0 aliphatic carbocycles. The van der Waals surface area contributed by atoms with Crippen LogP contribution in [-0.4, -0.2) is 6.54 Å². The molecule has 0 heterocycles. The van der Waals surface area contributed by atoms with Crippen LogP contribution in [0.25, 0.3) is 0 Å². The van der Waals surface area contributed by atoms with Crippen molar-refractivity contribution in [1.82, 2.24) is 0 Å². The number of rotatable bonds is 2. The maximum absolute atomic E-state index is 5.90. The SMILES string of the molecule is [NH3+]CCc1c(Cl)cccc1Cl. The molecule has 3 N–H and O–H groups in total. The first-order chi connectivity index (χ1) is 5.25. The minimum Gasteiger partial charge on any atom is -0.357 e. The molecule has 0 saturated heterocycles. The smallest absolute Gasteiger partial charge is 0.0781 e. The van der Waals surface area contributed by atoms with Gasteiger partial charge in [-0.2, -0.15) is 0 Å². The van der Waals surface area contributed by atoms with E-state index in [1.807, 2.05) is 18.2 Å². The van der Waals surface area contributed by atoms with Crippen molar-refractivity contribution in [1.29, 1.82) is 0 Å². The Morgan fingerprint density at radius 1 is 1.18 bits per heavy atom.